The van der Waals surface area contributed by atoms with Crippen LogP contribution in [0.15, 0.2) is 35.7 Å². The molecule has 2 rings (SSSR count). The largest absolute Gasteiger partial charge is 0.298 e. The van der Waals surface area contributed by atoms with Crippen LogP contribution in [0, 0.1) is 5.82 Å². The van der Waals surface area contributed by atoms with Crippen molar-refractivity contribution in [2.24, 2.45) is 0 Å². The summed E-state index contributed by atoms with van der Waals surface area (Å²) in [7, 11) is 0. The maximum absolute atomic E-state index is 12.7. The van der Waals surface area contributed by atoms with Crippen LogP contribution in [0.2, 0.25) is 0 Å². The Labute approximate surface area is 115 Å². The van der Waals surface area contributed by atoms with Crippen LogP contribution in [-0.4, -0.2) is 5.91 Å². The van der Waals surface area contributed by atoms with Gasteiger partial charge in [0.1, 0.15) is 5.82 Å². The van der Waals surface area contributed by atoms with Gasteiger partial charge in [-0.2, -0.15) is 0 Å². The van der Waals surface area contributed by atoms with Crippen molar-refractivity contribution in [2.75, 3.05) is 5.43 Å². The topological polar surface area (TPSA) is 41.1 Å². The highest BCUT2D eigenvalue weighted by Gasteiger charge is 2.14. The number of nitrogens with one attached hydrogen (secondary N) is 2. The maximum Gasteiger partial charge on any atom is 0.279 e. The van der Waals surface area contributed by atoms with E-state index in [0.29, 0.717) is 16.5 Å². The van der Waals surface area contributed by atoms with Crippen molar-refractivity contribution >= 4 is 22.9 Å². The van der Waals surface area contributed by atoms with Gasteiger partial charge in [-0.3, -0.25) is 15.6 Å². The van der Waals surface area contributed by atoms with Gasteiger partial charge in [0.2, 0.25) is 0 Å². The number of amides is 1. The highest BCUT2D eigenvalue weighted by atomic mass is 32.1. The van der Waals surface area contributed by atoms with E-state index < -0.39 is 0 Å². The van der Waals surface area contributed by atoms with Gasteiger partial charge in [0.05, 0.1) is 10.6 Å². The molecule has 0 bridgehead atoms. The van der Waals surface area contributed by atoms with Crippen molar-refractivity contribution in [3.05, 3.63) is 52.0 Å². The van der Waals surface area contributed by atoms with Crippen molar-refractivity contribution in [2.45, 2.75) is 19.8 Å². The molecule has 1 heterocycles. The minimum Gasteiger partial charge on any atom is -0.298 e. The molecule has 0 spiro atoms. The lowest BCUT2D eigenvalue weighted by atomic mass is 10.0. The van der Waals surface area contributed by atoms with Crippen molar-refractivity contribution in [3.8, 4) is 0 Å². The Morgan fingerprint density at radius 1 is 1.21 bits per heavy atom. The van der Waals surface area contributed by atoms with Crippen molar-refractivity contribution in [1.29, 1.82) is 0 Å². The standard InChI is InChI=1S/C14H15FN2OS/c1-9(2)12-7-8-19-13(12)14(18)17-16-11-5-3-10(15)4-6-11/h3-9,16H,1-2H3,(H,17,18). The molecule has 1 aromatic carbocycles. The summed E-state index contributed by atoms with van der Waals surface area (Å²) < 4.78 is 12.7. The van der Waals surface area contributed by atoms with Crippen LogP contribution in [0.3, 0.4) is 0 Å². The minimum atomic E-state index is -0.308. The molecule has 2 aromatic rings. The number of carbonyl (C=O) groups excluding carboxylic acids is 1. The van der Waals surface area contributed by atoms with E-state index in [-0.39, 0.29) is 11.7 Å². The molecular weight excluding hydrogens is 263 g/mol. The molecule has 0 saturated heterocycles. The summed E-state index contributed by atoms with van der Waals surface area (Å²) in [5, 5.41) is 1.90. The Morgan fingerprint density at radius 3 is 2.53 bits per heavy atom. The van der Waals surface area contributed by atoms with E-state index in [9.17, 15) is 9.18 Å². The monoisotopic (exact) mass is 278 g/mol. The summed E-state index contributed by atoms with van der Waals surface area (Å²) in [6.45, 7) is 4.10. The first-order valence-electron chi connectivity index (χ1n) is 5.97. The predicted octanol–water partition coefficient (Wildman–Crippen LogP) is 3.77. The second kappa shape index (κ2) is 5.84. The zero-order chi connectivity index (χ0) is 13.8. The Kier molecular flexibility index (Phi) is 4.16. The average Bonchev–Trinajstić information content (AvgIpc) is 2.87. The number of anilines is 1. The van der Waals surface area contributed by atoms with Crippen LogP contribution in [-0.2, 0) is 0 Å². The van der Waals surface area contributed by atoms with Crippen LogP contribution >= 0.6 is 11.3 Å². The number of rotatable bonds is 4. The van der Waals surface area contributed by atoms with Gasteiger partial charge in [-0.15, -0.1) is 11.3 Å². The lowest BCUT2D eigenvalue weighted by molar-refractivity contribution is 0.0965. The molecular formula is C14H15FN2OS. The molecule has 0 atom stereocenters. The van der Waals surface area contributed by atoms with E-state index in [0.717, 1.165) is 5.56 Å². The summed E-state index contributed by atoms with van der Waals surface area (Å²) in [5.41, 5.74) is 7.05. The third-order valence-corrected chi connectivity index (χ3v) is 3.62. The van der Waals surface area contributed by atoms with Gasteiger partial charge in [0.25, 0.3) is 5.91 Å². The highest BCUT2D eigenvalue weighted by Crippen LogP contribution is 2.24. The van der Waals surface area contributed by atoms with Crippen molar-refractivity contribution in [1.82, 2.24) is 5.43 Å². The molecule has 100 valence electrons. The van der Waals surface area contributed by atoms with Crippen molar-refractivity contribution < 1.29 is 9.18 Å². The number of thiophene rings is 1. The second-order valence-corrected chi connectivity index (χ2v) is 5.36. The molecule has 0 radical (unpaired) electrons. The second-order valence-electron chi connectivity index (χ2n) is 4.45. The molecule has 5 heteroatoms. The lowest BCUT2D eigenvalue weighted by Crippen LogP contribution is -2.29. The number of carbonyl (C=O) groups is 1. The van der Waals surface area contributed by atoms with E-state index in [4.69, 9.17) is 0 Å². The Morgan fingerprint density at radius 2 is 1.89 bits per heavy atom. The summed E-state index contributed by atoms with van der Waals surface area (Å²) in [4.78, 5) is 12.7. The Balaban J connectivity index is 2.01. The van der Waals surface area contributed by atoms with E-state index in [1.807, 2.05) is 25.3 Å². The lowest BCUT2D eigenvalue weighted by Gasteiger charge is -2.10. The smallest absolute Gasteiger partial charge is 0.279 e. The summed E-state index contributed by atoms with van der Waals surface area (Å²) in [6.07, 6.45) is 0. The Hall–Kier alpha value is -1.88. The van der Waals surface area contributed by atoms with Gasteiger partial charge in [-0.1, -0.05) is 13.8 Å². The first-order chi connectivity index (χ1) is 9.08. The maximum atomic E-state index is 12.7. The number of hydrogen-bond acceptors (Lipinski definition) is 3. The minimum absolute atomic E-state index is 0.178. The summed E-state index contributed by atoms with van der Waals surface area (Å²) in [6, 6.07) is 7.75. The fourth-order valence-corrected chi connectivity index (χ4v) is 2.63. The van der Waals surface area contributed by atoms with Crippen LogP contribution in [0.1, 0.15) is 35.0 Å². The third-order valence-electron chi connectivity index (χ3n) is 2.69. The number of halogens is 1. The molecule has 0 saturated carbocycles. The van der Waals surface area contributed by atoms with Gasteiger partial charge >= 0.3 is 0 Å². The molecule has 3 nitrogen and oxygen atoms in total. The zero-order valence-electron chi connectivity index (χ0n) is 10.7. The normalized spacial score (nSPS) is 10.5. The van der Waals surface area contributed by atoms with Crippen LogP contribution < -0.4 is 10.9 Å². The number of benzene rings is 1. The number of hydrogen-bond donors (Lipinski definition) is 2. The van der Waals surface area contributed by atoms with Crippen molar-refractivity contribution in [3.63, 3.8) is 0 Å². The molecule has 2 N–H and O–H groups in total. The van der Waals surface area contributed by atoms with Gasteiger partial charge in [-0.25, -0.2) is 4.39 Å². The summed E-state index contributed by atoms with van der Waals surface area (Å²) in [5.74, 6) is -0.182. The Bertz CT molecular complexity index is 563. The first-order valence-corrected chi connectivity index (χ1v) is 6.85. The average molecular weight is 278 g/mol. The molecule has 0 unspecified atom stereocenters. The van der Waals surface area contributed by atoms with Gasteiger partial charge in [-0.05, 0) is 47.2 Å². The molecule has 1 amide bonds. The SMILES string of the molecule is CC(C)c1ccsc1C(=O)NNc1ccc(F)cc1. The molecule has 0 fully saturated rings. The molecule has 0 aliphatic rings. The van der Waals surface area contributed by atoms with Crippen LogP contribution in [0.4, 0.5) is 10.1 Å². The molecule has 1 aromatic heterocycles. The fourth-order valence-electron chi connectivity index (χ4n) is 1.68. The fraction of sp³-hybridized carbons (Fsp3) is 0.214. The zero-order valence-corrected chi connectivity index (χ0v) is 11.6. The molecule has 0 aliphatic carbocycles. The number of hydrazine groups is 1. The molecule has 19 heavy (non-hydrogen) atoms. The predicted molar refractivity (Wildman–Crippen MR) is 75.9 cm³/mol. The van der Waals surface area contributed by atoms with E-state index >= 15 is 0 Å². The van der Waals surface area contributed by atoms with E-state index in [2.05, 4.69) is 10.9 Å². The highest BCUT2D eigenvalue weighted by molar-refractivity contribution is 7.12. The summed E-state index contributed by atoms with van der Waals surface area (Å²) >= 11 is 1.41. The van der Waals surface area contributed by atoms with E-state index in [1.165, 1.54) is 23.5 Å². The first kappa shape index (κ1) is 13.5. The van der Waals surface area contributed by atoms with Crippen LogP contribution in [0.5, 0.6) is 0 Å². The van der Waals surface area contributed by atoms with E-state index in [1.54, 1.807) is 12.1 Å². The quantitative estimate of drug-likeness (QED) is 0.836. The van der Waals surface area contributed by atoms with Gasteiger partial charge < -0.3 is 0 Å². The third kappa shape index (κ3) is 3.32. The van der Waals surface area contributed by atoms with Gasteiger partial charge in [0, 0.05) is 0 Å². The van der Waals surface area contributed by atoms with Crippen LogP contribution in [0.25, 0.3) is 0 Å². The molecule has 0 aliphatic heterocycles. The van der Waals surface area contributed by atoms with Gasteiger partial charge in [0.15, 0.2) is 0 Å².